The monoisotopic (exact) mass is 290 g/mol. The van der Waals surface area contributed by atoms with Crippen LogP contribution in [-0.2, 0) is 6.54 Å². The molecule has 1 aromatic rings. The topological polar surface area (TPSA) is 95.3 Å². The largest absolute Gasteiger partial charge is 0.392 e. The maximum absolute atomic E-state index is 11.3. The molecule has 0 saturated heterocycles. The molecule has 6 nitrogen and oxygen atoms in total. The summed E-state index contributed by atoms with van der Waals surface area (Å²) in [5.74, 6) is 0. The van der Waals surface area contributed by atoms with Crippen molar-refractivity contribution in [3.63, 3.8) is 0 Å². The highest BCUT2D eigenvalue weighted by atomic mass is 79.9. The number of aliphatic hydroxyl groups is 2. The third-order valence-electron chi connectivity index (χ3n) is 1.97. The Kier molecular flexibility index (Phi) is 4.66. The molecule has 0 saturated carbocycles. The van der Waals surface area contributed by atoms with Gasteiger partial charge in [-0.15, -0.1) is 0 Å². The Labute approximate surface area is 99.0 Å². The van der Waals surface area contributed by atoms with Crippen molar-refractivity contribution < 1.29 is 10.2 Å². The third kappa shape index (κ3) is 3.16. The van der Waals surface area contributed by atoms with E-state index in [1.54, 1.807) is 0 Å². The zero-order valence-electron chi connectivity index (χ0n) is 8.31. The second kappa shape index (κ2) is 5.78. The molecule has 1 heterocycles. The number of rotatable bonds is 4. The molecule has 1 aromatic heterocycles. The number of hydrogen-bond acceptors (Lipinski definition) is 4. The van der Waals surface area contributed by atoms with Gasteiger partial charge in [-0.1, -0.05) is 15.9 Å². The highest BCUT2D eigenvalue weighted by Gasteiger charge is 2.04. The van der Waals surface area contributed by atoms with E-state index in [9.17, 15) is 9.59 Å². The summed E-state index contributed by atoms with van der Waals surface area (Å²) < 4.78 is 1.75. The van der Waals surface area contributed by atoms with Crippen molar-refractivity contribution in [1.29, 1.82) is 0 Å². The number of H-pyrrole nitrogens is 1. The molecule has 1 rings (SSSR count). The van der Waals surface area contributed by atoms with Crippen LogP contribution in [0.3, 0.4) is 0 Å². The smallest absolute Gasteiger partial charge is 0.328 e. The van der Waals surface area contributed by atoms with Gasteiger partial charge in [0.1, 0.15) is 0 Å². The average Bonchev–Trinajstić information content (AvgIpc) is 2.24. The lowest BCUT2D eigenvalue weighted by atomic mass is 10.3. The van der Waals surface area contributed by atoms with Crippen molar-refractivity contribution in [3.8, 4) is 0 Å². The molecule has 0 aromatic carbocycles. The summed E-state index contributed by atoms with van der Waals surface area (Å²) in [7, 11) is 0. The summed E-state index contributed by atoms with van der Waals surface area (Å²) in [4.78, 5) is 24.2. The predicted molar refractivity (Wildman–Crippen MR) is 61.4 cm³/mol. The van der Waals surface area contributed by atoms with Crippen LogP contribution in [0.25, 0.3) is 0 Å². The van der Waals surface area contributed by atoms with Crippen LogP contribution in [0.15, 0.2) is 31.9 Å². The Balaban J connectivity index is 3.01. The summed E-state index contributed by atoms with van der Waals surface area (Å²) >= 11 is 3.16. The molecule has 0 unspecified atom stereocenters. The van der Waals surface area contributed by atoms with E-state index in [2.05, 4.69) is 20.9 Å². The van der Waals surface area contributed by atoms with Crippen molar-refractivity contribution in [3.05, 3.63) is 43.2 Å². The highest BCUT2D eigenvalue weighted by molar-refractivity contribution is 9.11. The molecule has 0 atom stereocenters. The van der Waals surface area contributed by atoms with Crippen LogP contribution >= 0.6 is 15.9 Å². The highest BCUT2D eigenvalue weighted by Crippen LogP contribution is 2.12. The minimum atomic E-state index is -0.542. The summed E-state index contributed by atoms with van der Waals surface area (Å²) in [6.45, 7) is -0.448. The van der Waals surface area contributed by atoms with E-state index in [4.69, 9.17) is 10.2 Å². The normalized spacial score (nSPS) is 10.2. The number of aromatic amines is 1. The van der Waals surface area contributed by atoms with E-state index >= 15 is 0 Å². The molecular formula is C9H11BrN2O4. The number of aromatic nitrogens is 2. The first-order valence-corrected chi connectivity index (χ1v) is 5.25. The number of nitrogens with zero attached hydrogens (tertiary/aromatic N) is 1. The standard InChI is InChI=1S/C9H11BrN2O4/c10-7(6(4-13)5-14)3-12-2-1-8(15)11-9(12)16/h1-2,13-14H,3-5H2,(H,11,15,16). The molecule has 0 bridgehead atoms. The molecule has 16 heavy (non-hydrogen) atoms. The first-order valence-electron chi connectivity index (χ1n) is 4.46. The number of allylic oxidation sites excluding steroid dienone is 1. The van der Waals surface area contributed by atoms with Gasteiger partial charge in [0, 0.05) is 16.7 Å². The van der Waals surface area contributed by atoms with Gasteiger partial charge in [0.25, 0.3) is 5.56 Å². The van der Waals surface area contributed by atoms with Gasteiger partial charge in [-0.3, -0.25) is 14.3 Å². The van der Waals surface area contributed by atoms with Crippen LogP contribution < -0.4 is 11.2 Å². The van der Waals surface area contributed by atoms with Crippen LogP contribution in [0.5, 0.6) is 0 Å². The zero-order valence-corrected chi connectivity index (χ0v) is 9.90. The van der Waals surface area contributed by atoms with Crippen molar-refractivity contribution in [1.82, 2.24) is 9.55 Å². The van der Waals surface area contributed by atoms with Gasteiger partial charge in [0.2, 0.25) is 0 Å². The van der Waals surface area contributed by atoms with Crippen molar-refractivity contribution in [2.24, 2.45) is 0 Å². The quantitative estimate of drug-likeness (QED) is 0.675. The minimum Gasteiger partial charge on any atom is -0.392 e. The average molecular weight is 291 g/mol. The maximum atomic E-state index is 11.3. The summed E-state index contributed by atoms with van der Waals surface area (Å²) in [5, 5.41) is 17.8. The second-order valence-corrected chi connectivity index (χ2v) is 4.02. The Morgan fingerprint density at radius 1 is 1.38 bits per heavy atom. The lowest BCUT2D eigenvalue weighted by Crippen LogP contribution is -2.29. The van der Waals surface area contributed by atoms with Crippen LogP contribution in [-0.4, -0.2) is 33.0 Å². The number of halogens is 1. The fourth-order valence-corrected chi connectivity index (χ4v) is 1.57. The predicted octanol–water partition coefficient (Wildman–Crippen LogP) is -0.830. The van der Waals surface area contributed by atoms with E-state index in [-0.39, 0.29) is 19.8 Å². The van der Waals surface area contributed by atoms with E-state index in [1.165, 1.54) is 16.8 Å². The van der Waals surface area contributed by atoms with Gasteiger partial charge in [-0.2, -0.15) is 0 Å². The van der Waals surface area contributed by atoms with E-state index in [0.29, 0.717) is 10.1 Å². The molecule has 0 amide bonds. The Bertz CT molecular complexity index is 497. The van der Waals surface area contributed by atoms with Gasteiger partial charge in [0.15, 0.2) is 0 Å². The lowest BCUT2D eigenvalue weighted by Gasteiger charge is -2.07. The van der Waals surface area contributed by atoms with Crippen molar-refractivity contribution in [2.45, 2.75) is 6.54 Å². The first kappa shape index (κ1) is 12.9. The molecule has 3 N–H and O–H groups in total. The number of aliphatic hydroxyl groups excluding tert-OH is 2. The third-order valence-corrected chi connectivity index (χ3v) is 2.78. The van der Waals surface area contributed by atoms with Crippen LogP contribution in [0.1, 0.15) is 0 Å². The fraction of sp³-hybridized carbons (Fsp3) is 0.333. The van der Waals surface area contributed by atoms with Crippen molar-refractivity contribution in [2.75, 3.05) is 13.2 Å². The molecule has 0 spiro atoms. The summed E-state index contributed by atoms with van der Waals surface area (Å²) in [5.41, 5.74) is -0.622. The number of hydrogen-bond donors (Lipinski definition) is 3. The van der Waals surface area contributed by atoms with Crippen LogP contribution in [0, 0.1) is 0 Å². The lowest BCUT2D eigenvalue weighted by molar-refractivity contribution is 0.275. The van der Waals surface area contributed by atoms with E-state index in [0.717, 1.165) is 0 Å². The fourth-order valence-electron chi connectivity index (χ4n) is 1.05. The van der Waals surface area contributed by atoms with Gasteiger partial charge in [-0.05, 0) is 5.57 Å². The zero-order chi connectivity index (χ0) is 12.1. The molecular weight excluding hydrogens is 280 g/mol. The van der Waals surface area contributed by atoms with Crippen LogP contribution in [0.4, 0.5) is 0 Å². The number of nitrogens with one attached hydrogen (secondary N) is 1. The van der Waals surface area contributed by atoms with Gasteiger partial charge in [-0.25, -0.2) is 4.79 Å². The van der Waals surface area contributed by atoms with Gasteiger partial charge in [0.05, 0.1) is 19.8 Å². The SMILES string of the molecule is O=c1ccn(CC(Br)=C(CO)CO)c(=O)[nH]1. The Morgan fingerprint density at radius 3 is 2.50 bits per heavy atom. The van der Waals surface area contributed by atoms with E-state index in [1.807, 2.05) is 0 Å². The van der Waals surface area contributed by atoms with Crippen LogP contribution in [0.2, 0.25) is 0 Å². The van der Waals surface area contributed by atoms with Crippen molar-refractivity contribution >= 4 is 15.9 Å². The van der Waals surface area contributed by atoms with Gasteiger partial charge < -0.3 is 10.2 Å². The van der Waals surface area contributed by atoms with Gasteiger partial charge >= 0.3 is 5.69 Å². The molecule has 0 aliphatic rings. The molecule has 0 aliphatic carbocycles. The summed E-state index contributed by atoms with van der Waals surface area (Å²) in [6.07, 6.45) is 1.34. The Hall–Kier alpha value is -1.18. The maximum Gasteiger partial charge on any atom is 0.328 e. The Morgan fingerprint density at radius 2 is 2.00 bits per heavy atom. The molecule has 88 valence electrons. The summed E-state index contributed by atoms with van der Waals surface area (Å²) in [6, 6.07) is 1.22. The minimum absolute atomic E-state index is 0.145. The van der Waals surface area contributed by atoms with E-state index < -0.39 is 11.2 Å². The molecule has 7 heteroatoms. The first-order chi connectivity index (χ1) is 7.58. The molecule has 0 radical (unpaired) electrons. The molecule has 0 aliphatic heterocycles. The second-order valence-electron chi connectivity index (χ2n) is 3.06. The molecule has 0 fully saturated rings.